The number of esters is 3. The predicted molar refractivity (Wildman–Crippen MR) is 293 cm³/mol. The number of unbranched alkanes of at least 4 members (excludes halogenated alkanes) is 35. The molecular weight excluding hydrogens is 841 g/mol. The quantitative estimate of drug-likeness (QED) is 0.0262. The fraction of sp³-hybridized carbons (Fsp3) is 0.823. The molecule has 0 spiro atoms. The Hall–Kier alpha value is -2.63. The average molecular weight is 954 g/mol. The second-order valence-electron chi connectivity index (χ2n) is 19.9. The minimum absolute atomic E-state index is 0.0858. The molecule has 0 radical (unpaired) electrons. The number of hydrogen-bond donors (Lipinski definition) is 0. The van der Waals surface area contributed by atoms with Crippen LogP contribution in [0.5, 0.6) is 0 Å². The van der Waals surface area contributed by atoms with Crippen molar-refractivity contribution in [1.29, 1.82) is 0 Å². The van der Waals surface area contributed by atoms with Crippen LogP contribution in [-0.2, 0) is 28.6 Å². The van der Waals surface area contributed by atoms with E-state index in [1.165, 1.54) is 186 Å². The third-order valence-electron chi connectivity index (χ3n) is 13.1. The fourth-order valence-electron chi connectivity index (χ4n) is 8.67. The average Bonchev–Trinajstić information content (AvgIpc) is 3.34. The maximum absolute atomic E-state index is 12.8. The van der Waals surface area contributed by atoms with Crippen LogP contribution in [0.15, 0.2) is 48.6 Å². The Labute approximate surface area is 422 Å². The molecule has 0 aromatic heterocycles. The lowest BCUT2D eigenvalue weighted by Gasteiger charge is -2.18. The summed E-state index contributed by atoms with van der Waals surface area (Å²) >= 11 is 0. The minimum Gasteiger partial charge on any atom is -0.462 e. The Balaban J connectivity index is 4.21. The third kappa shape index (κ3) is 54.3. The van der Waals surface area contributed by atoms with Crippen molar-refractivity contribution in [2.24, 2.45) is 0 Å². The maximum Gasteiger partial charge on any atom is 0.306 e. The molecule has 0 aliphatic carbocycles. The Morgan fingerprint density at radius 3 is 0.897 bits per heavy atom. The van der Waals surface area contributed by atoms with Gasteiger partial charge in [-0.15, -0.1) is 0 Å². The molecular formula is C62H112O6. The second-order valence-corrected chi connectivity index (χ2v) is 19.9. The topological polar surface area (TPSA) is 78.9 Å². The Kier molecular flexibility index (Phi) is 54.8. The van der Waals surface area contributed by atoms with Crippen LogP contribution >= 0.6 is 0 Å². The van der Waals surface area contributed by atoms with Gasteiger partial charge in [-0.3, -0.25) is 14.4 Å². The number of carbonyl (C=O) groups excluding carboxylic acids is 3. The van der Waals surface area contributed by atoms with Crippen molar-refractivity contribution in [3.8, 4) is 0 Å². The lowest BCUT2D eigenvalue weighted by molar-refractivity contribution is -0.167. The zero-order valence-corrected chi connectivity index (χ0v) is 45.4. The fourth-order valence-corrected chi connectivity index (χ4v) is 8.67. The van der Waals surface area contributed by atoms with Gasteiger partial charge in [-0.2, -0.15) is 0 Å². The molecule has 6 heteroatoms. The molecule has 0 amide bonds. The Morgan fingerprint density at radius 1 is 0.309 bits per heavy atom. The molecule has 0 aromatic carbocycles. The molecule has 0 N–H and O–H groups in total. The van der Waals surface area contributed by atoms with E-state index in [4.69, 9.17) is 14.2 Å². The van der Waals surface area contributed by atoms with Crippen molar-refractivity contribution in [3.63, 3.8) is 0 Å². The van der Waals surface area contributed by atoms with Crippen LogP contribution in [-0.4, -0.2) is 37.2 Å². The van der Waals surface area contributed by atoms with E-state index >= 15 is 0 Å². The summed E-state index contributed by atoms with van der Waals surface area (Å²) in [5.41, 5.74) is 0. The molecule has 1 unspecified atom stereocenters. The van der Waals surface area contributed by atoms with Crippen molar-refractivity contribution in [2.75, 3.05) is 13.2 Å². The lowest BCUT2D eigenvalue weighted by Crippen LogP contribution is -2.30. The van der Waals surface area contributed by atoms with Gasteiger partial charge in [-0.05, 0) is 57.8 Å². The molecule has 0 rings (SSSR count). The van der Waals surface area contributed by atoms with Gasteiger partial charge >= 0.3 is 17.9 Å². The normalized spacial score (nSPS) is 12.3. The zero-order chi connectivity index (χ0) is 49.3. The van der Waals surface area contributed by atoms with Gasteiger partial charge in [-0.25, -0.2) is 0 Å². The lowest BCUT2D eigenvalue weighted by atomic mass is 10.0. The summed E-state index contributed by atoms with van der Waals surface area (Å²) in [6, 6.07) is 0. The predicted octanol–water partition coefficient (Wildman–Crippen LogP) is 19.8. The molecule has 6 nitrogen and oxygen atoms in total. The molecule has 68 heavy (non-hydrogen) atoms. The first-order valence-electron chi connectivity index (χ1n) is 29.6. The highest BCUT2D eigenvalue weighted by Crippen LogP contribution is 2.17. The largest absolute Gasteiger partial charge is 0.462 e. The first-order chi connectivity index (χ1) is 33.5. The molecule has 0 saturated heterocycles. The summed E-state index contributed by atoms with van der Waals surface area (Å²) in [5, 5.41) is 0. The highest BCUT2D eigenvalue weighted by atomic mass is 16.6. The van der Waals surface area contributed by atoms with Crippen LogP contribution in [0.4, 0.5) is 0 Å². The van der Waals surface area contributed by atoms with Crippen molar-refractivity contribution in [1.82, 2.24) is 0 Å². The molecule has 0 bridgehead atoms. The van der Waals surface area contributed by atoms with E-state index in [0.717, 1.165) is 77.0 Å². The van der Waals surface area contributed by atoms with Gasteiger partial charge in [-0.1, -0.05) is 281 Å². The minimum atomic E-state index is -0.790. The molecule has 396 valence electrons. The first-order valence-corrected chi connectivity index (χ1v) is 29.6. The van der Waals surface area contributed by atoms with Gasteiger partial charge in [0.2, 0.25) is 0 Å². The van der Waals surface area contributed by atoms with Crippen LogP contribution in [0.1, 0.15) is 310 Å². The Bertz CT molecular complexity index is 1190. The number of rotatable bonds is 54. The van der Waals surface area contributed by atoms with E-state index in [2.05, 4.69) is 69.4 Å². The van der Waals surface area contributed by atoms with E-state index in [1.54, 1.807) is 0 Å². The molecule has 0 aliphatic rings. The van der Waals surface area contributed by atoms with Crippen LogP contribution < -0.4 is 0 Å². The van der Waals surface area contributed by atoms with Gasteiger partial charge in [0.1, 0.15) is 13.2 Å². The van der Waals surface area contributed by atoms with E-state index in [-0.39, 0.29) is 37.5 Å². The highest BCUT2D eigenvalue weighted by Gasteiger charge is 2.19. The molecule has 0 saturated carbocycles. The van der Waals surface area contributed by atoms with E-state index in [1.807, 2.05) is 0 Å². The summed E-state index contributed by atoms with van der Waals surface area (Å²) in [5.74, 6) is -0.915. The van der Waals surface area contributed by atoms with Crippen molar-refractivity contribution in [2.45, 2.75) is 316 Å². The summed E-state index contributed by atoms with van der Waals surface area (Å²) in [6.45, 7) is 6.52. The molecule has 0 aliphatic heterocycles. The van der Waals surface area contributed by atoms with Crippen molar-refractivity contribution in [3.05, 3.63) is 48.6 Å². The van der Waals surface area contributed by atoms with E-state index < -0.39 is 6.10 Å². The first kappa shape index (κ1) is 65.4. The zero-order valence-electron chi connectivity index (χ0n) is 45.4. The summed E-state index contributed by atoms with van der Waals surface area (Å²) < 4.78 is 16.8. The SMILES string of the molecule is CC/C=C\C/C=C\C/C=C\C/C=C\CCCCC(=O)OC(COC(=O)CCCCCCCCCCCC)COC(=O)CCCCCCCCCCCCCCCCCCCCCCCCCCC. The number of ether oxygens (including phenoxy) is 3. The number of hydrogen-bond acceptors (Lipinski definition) is 6. The maximum atomic E-state index is 12.8. The summed E-state index contributed by atoms with van der Waals surface area (Å²) in [4.78, 5) is 38.0. The van der Waals surface area contributed by atoms with Crippen LogP contribution in [0.3, 0.4) is 0 Å². The molecule has 0 fully saturated rings. The smallest absolute Gasteiger partial charge is 0.306 e. The van der Waals surface area contributed by atoms with Gasteiger partial charge < -0.3 is 14.2 Å². The molecule has 0 aromatic rings. The van der Waals surface area contributed by atoms with Crippen molar-refractivity contribution >= 4 is 17.9 Å². The van der Waals surface area contributed by atoms with Crippen LogP contribution in [0, 0.1) is 0 Å². The molecule has 1 atom stereocenters. The van der Waals surface area contributed by atoms with Gasteiger partial charge in [0.05, 0.1) is 0 Å². The second kappa shape index (κ2) is 57.0. The highest BCUT2D eigenvalue weighted by molar-refractivity contribution is 5.71. The van der Waals surface area contributed by atoms with Gasteiger partial charge in [0.25, 0.3) is 0 Å². The van der Waals surface area contributed by atoms with Gasteiger partial charge in [0, 0.05) is 19.3 Å². The van der Waals surface area contributed by atoms with Gasteiger partial charge in [0.15, 0.2) is 6.10 Å². The van der Waals surface area contributed by atoms with E-state index in [9.17, 15) is 14.4 Å². The molecule has 0 heterocycles. The number of allylic oxidation sites excluding steroid dienone is 8. The van der Waals surface area contributed by atoms with Crippen molar-refractivity contribution < 1.29 is 28.6 Å². The van der Waals surface area contributed by atoms with Crippen LogP contribution in [0.2, 0.25) is 0 Å². The summed E-state index contributed by atoms with van der Waals surface area (Å²) in [6.07, 6.45) is 69.9. The van der Waals surface area contributed by atoms with Crippen LogP contribution in [0.25, 0.3) is 0 Å². The van der Waals surface area contributed by atoms with E-state index in [0.29, 0.717) is 19.3 Å². The third-order valence-corrected chi connectivity index (χ3v) is 13.1. The monoisotopic (exact) mass is 953 g/mol. The Morgan fingerprint density at radius 2 is 0.574 bits per heavy atom. The number of carbonyl (C=O) groups is 3. The standard InChI is InChI=1S/C62H112O6/c1-4-7-10-13-16-19-22-24-26-27-28-29-30-31-32-33-34-35-37-38-40-43-46-49-52-55-61(64)67-58-59(57-66-60(63)54-51-48-45-42-21-18-15-12-9-6-3)68-62(65)56-53-50-47-44-41-39-36-25-23-20-17-14-11-8-5-2/h8,11,17,20,25,36,41,44,59H,4-7,9-10,12-16,18-19,21-24,26-35,37-40,42-43,45-58H2,1-3H3/b11-8-,20-17-,36-25-,44-41-. The summed E-state index contributed by atoms with van der Waals surface area (Å²) in [7, 11) is 0.